The summed E-state index contributed by atoms with van der Waals surface area (Å²) in [7, 11) is -2.03. The van der Waals surface area contributed by atoms with Gasteiger partial charge in [0.1, 0.15) is 5.75 Å². The molecule has 1 aliphatic rings. The molecule has 0 aromatic heterocycles. The number of nitrogens with zero attached hydrogens (tertiary/aromatic N) is 1. The first kappa shape index (κ1) is 14.8. The van der Waals surface area contributed by atoms with Crippen molar-refractivity contribution in [3.63, 3.8) is 0 Å². The maximum absolute atomic E-state index is 12.5. The molecule has 1 saturated heterocycles. The van der Waals surface area contributed by atoms with Gasteiger partial charge in [-0.05, 0) is 30.7 Å². The lowest BCUT2D eigenvalue weighted by molar-refractivity contribution is -0.120. The molecule has 6 nitrogen and oxygen atoms in total. The molecule has 1 heterocycles. The van der Waals surface area contributed by atoms with Crippen molar-refractivity contribution in [2.45, 2.75) is 18.2 Å². The normalized spacial score (nSPS) is 17.4. The minimum absolute atomic E-state index is 0.117. The predicted molar refractivity (Wildman–Crippen MR) is 74.1 cm³/mol. The Bertz CT molecular complexity index is 613. The van der Waals surface area contributed by atoms with Gasteiger partial charge in [0.05, 0.1) is 12.0 Å². The topological polar surface area (TPSA) is 75.7 Å². The number of ether oxygens (including phenoxy) is 1. The highest BCUT2D eigenvalue weighted by molar-refractivity contribution is 7.89. The molecule has 1 aromatic carbocycles. The van der Waals surface area contributed by atoms with E-state index in [4.69, 9.17) is 4.74 Å². The number of benzene rings is 1. The number of amides is 1. The molecule has 0 aliphatic carbocycles. The van der Waals surface area contributed by atoms with E-state index in [2.05, 4.69) is 5.32 Å². The molecule has 0 spiro atoms. The van der Waals surface area contributed by atoms with Crippen LogP contribution in [0.1, 0.15) is 12.0 Å². The molecule has 20 heavy (non-hydrogen) atoms. The third kappa shape index (κ3) is 2.94. The van der Waals surface area contributed by atoms with Crippen LogP contribution in [-0.4, -0.2) is 45.4 Å². The zero-order chi connectivity index (χ0) is 14.8. The van der Waals surface area contributed by atoms with Crippen molar-refractivity contribution in [2.75, 3.05) is 26.7 Å². The zero-order valence-electron chi connectivity index (χ0n) is 11.5. The fourth-order valence-electron chi connectivity index (χ4n) is 2.15. The lowest BCUT2D eigenvalue weighted by Crippen LogP contribution is -2.34. The van der Waals surface area contributed by atoms with Gasteiger partial charge < -0.3 is 10.1 Å². The first-order valence-corrected chi connectivity index (χ1v) is 7.80. The van der Waals surface area contributed by atoms with Crippen molar-refractivity contribution in [3.05, 3.63) is 23.8 Å². The third-order valence-electron chi connectivity index (χ3n) is 3.28. The number of methoxy groups -OCH3 is 1. The molecule has 0 unspecified atom stereocenters. The highest BCUT2D eigenvalue weighted by Crippen LogP contribution is 2.24. The van der Waals surface area contributed by atoms with Crippen molar-refractivity contribution < 1.29 is 17.9 Å². The van der Waals surface area contributed by atoms with Gasteiger partial charge in [-0.15, -0.1) is 0 Å². The molecule has 7 heteroatoms. The van der Waals surface area contributed by atoms with Gasteiger partial charge in [-0.1, -0.05) is 0 Å². The zero-order valence-corrected chi connectivity index (χ0v) is 12.4. The molecule has 1 fully saturated rings. The lowest BCUT2D eigenvalue weighted by Gasteiger charge is -2.19. The summed E-state index contributed by atoms with van der Waals surface area (Å²) in [5.41, 5.74) is 0.762. The summed E-state index contributed by atoms with van der Waals surface area (Å²) >= 11 is 0. The van der Waals surface area contributed by atoms with Crippen molar-refractivity contribution in [1.29, 1.82) is 0 Å². The Morgan fingerprint density at radius 1 is 1.30 bits per heavy atom. The minimum Gasteiger partial charge on any atom is -0.496 e. The van der Waals surface area contributed by atoms with E-state index in [1.807, 2.05) is 0 Å². The van der Waals surface area contributed by atoms with E-state index in [1.165, 1.54) is 10.4 Å². The SMILES string of the molecule is COc1ccc(S(=O)(=O)N2CCNC(=O)CC2)cc1C. The van der Waals surface area contributed by atoms with E-state index in [0.717, 1.165) is 5.56 Å². The molecular formula is C13H18N2O4S. The van der Waals surface area contributed by atoms with Gasteiger partial charge in [-0.3, -0.25) is 4.79 Å². The van der Waals surface area contributed by atoms with Gasteiger partial charge >= 0.3 is 0 Å². The monoisotopic (exact) mass is 298 g/mol. The number of carbonyl (C=O) groups is 1. The van der Waals surface area contributed by atoms with E-state index in [-0.39, 0.29) is 23.8 Å². The number of carbonyl (C=O) groups excluding carboxylic acids is 1. The fraction of sp³-hybridized carbons (Fsp3) is 0.462. The molecule has 1 aliphatic heterocycles. The van der Waals surface area contributed by atoms with Crippen LogP contribution in [0.4, 0.5) is 0 Å². The average Bonchev–Trinajstić information content (AvgIpc) is 2.63. The summed E-state index contributed by atoms with van der Waals surface area (Å²) in [6, 6.07) is 4.76. The van der Waals surface area contributed by atoms with Crippen LogP contribution in [0.2, 0.25) is 0 Å². The summed E-state index contributed by atoms with van der Waals surface area (Å²) in [5.74, 6) is 0.533. The van der Waals surface area contributed by atoms with Crippen LogP contribution in [0.15, 0.2) is 23.1 Å². The largest absolute Gasteiger partial charge is 0.496 e. The van der Waals surface area contributed by atoms with Crippen LogP contribution >= 0.6 is 0 Å². The molecule has 2 rings (SSSR count). The number of nitrogens with one attached hydrogen (secondary N) is 1. The van der Waals surface area contributed by atoms with Crippen molar-refractivity contribution in [2.24, 2.45) is 0 Å². The quantitative estimate of drug-likeness (QED) is 0.882. The summed E-state index contributed by atoms with van der Waals surface area (Å²) in [6.07, 6.45) is 0.189. The van der Waals surface area contributed by atoms with Crippen LogP contribution in [0.25, 0.3) is 0 Å². The van der Waals surface area contributed by atoms with Gasteiger partial charge in [0, 0.05) is 26.1 Å². The Kier molecular flexibility index (Phi) is 4.29. The van der Waals surface area contributed by atoms with E-state index in [1.54, 1.807) is 26.2 Å². The van der Waals surface area contributed by atoms with E-state index < -0.39 is 10.0 Å². The first-order chi connectivity index (χ1) is 9.45. The molecule has 1 amide bonds. The van der Waals surface area contributed by atoms with Crippen LogP contribution < -0.4 is 10.1 Å². The predicted octanol–water partition coefficient (Wildman–Crippen LogP) is 0.514. The third-order valence-corrected chi connectivity index (χ3v) is 5.17. The van der Waals surface area contributed by atoms with E-state index in [0.29, 0.717) is 18.8 Å². The minimum atomic E-state index is -3.57. The average molecular weight is 298 g/mol. The molecule has 0 atom stereocenters. The second-order valence-electron chi connectivity index (χ2n) is 4.64. The van der Waals surface area contributed by atoms with Gasteiger partial charge in [-0.25, -0.2) is 8.42 Å². The summed E-state index contributed by atoms with van der Waals surface area (Å²) < 4.78 is 31.6. The van der Waals surface area contributed by atoms with Crippen LogP contribution in [0, 0.1) is 6.92 Å². The number of sulfonamides is 1. The number of hydrogen-bond donors (Lipinski definition) is 1. The van der Waals surface area contributed by atoms with Crippen LogP contribution in [-0.2, 0) is 14.8 Å². The van der Waals surface area contributed by atoms with Gasteiger partial charge in [0.2, 0.25) is 15.9 Å². The summed E-state index contributed by atoms with van der Waals surface area (Å²) in [5, 5.41) is 2.66. The lowest BCUT2D eigenvalue weighted by atomic mass is 10.2. The maximum Gasteiger partial charge on any atom is 0.243 e. The van der Waals surface area contributed by atoms with E-state index in [9.17, 15) is 13.2 Å². The smallest absolute Gasteiger partial charge is 0.243 e. The van der Waals surface area contributed by atoms with Gasteiger partial charge in [-0.2, -0.15) is 4.31 Å². The Morgan fingerprint density at radius 2 is 2.05 bits per heavy atom. The van der Waals surface area contributed by atoms with Crippen molar-refractivity contribution in [3.8, 4) is 5.75 Å². The maximum atomic E-state index is 12.5. The Morgan fingerprint density at radius 3 is 2.70 bits per heavy atom. The van der Waals surface area contributed by atoms with E-state index >= 15 is 0 Å². The number of hydrogen-bond acceptors (Lipinski definition) is 4. The van der Waals surface area contributed by atoms with Crippen LogP contribution in [0.5, 0.6) is 5.75 Å². The van der Waals surface area contributed by atoms with Crippen molar-refractivity contribution in [1.82, 2.24) is 9.62 Å². The Labute approximate surface area is 118 Å². The van der Waals surface area contributed by atoms with Crippen molar-refractivity contribution >= 4 is 15.9 Å². The molecule has 0 bridgehead atoms. The Hall–Kier alpha value is -1.60. The molecular weight excluding hydrogens is 280 g/mol. The molecule has 0 radical (unpaired) electrons. The highest BCUT2D eigenvalue weighted by Gasteiger charge is 2.27. The van der Waals surface area contributed by atoms with Gasteiger partial charge in [0.25, 0.3) is 0 Å². The molecule has 1 aromatic rings. The second kappa shape index (κ2) is 5.80. The number of rotatable bonds is 3. The van der Waals surface area contributed by atoms with Crippen LogP contribution in [0.3, 0.4) is 0 Å². The number of aryl methyl sites for hydroxylation is 1. The summed E-state index contributed by atoms with van der Waals surface area (Å²) in [4.78, 5) is 11.5. The highest BCUT2D eigenvalue weighted by atomic mass is 32.2. The second-order valence-corrected chi connectivity index (χ2v) is 6.57. The fourth-order valence-corrected chi connectivity index (χ4v) is 3.67. The first-order valence-electron chi connectivity index (χ1n) is 6.36. The molecule has 1 N–H and O–H groups in total. The standard InChI is InChI=1S/C13H18N2O4S/c1-10-9-11(3-4-12(10)19-2)20(17,18)15-7-5-13(16)14-6-8-15/h3-4,9H,5-8H2,1-2H3,(H,14,16). The Balaban J connectivity index is 2.29. The molecule has 0 saturated carbocycles. The molecule has 110 valence electrons. The summed E-state index contributed by atoms with van der Waals surface area (Å²) in [6.45, 7) is 2.64. The van der Waals surface area contributed by atoms with Gasteiger partial charge in [0.15, 0.2) is 0 Å².